The van der Waals surface area contributed by atoms with Crippen LogP contribution in [0.3, 0.4) is 0 Å². The number of urea groups is 1. The molecule has 0 unspecified atom stereocenters. The van der Waals surface area contributed by atoms with Crippen molar-refractivity contribution in [1.82, 2.24) is 15.2 Å². The number of nitrogens with zero attached hydrogens (tertiary/aromatic N) is 1. The minimum absolute atomic E-state index is 0.0728. The molecule has 0 atom stereocenters. The van der Waals surface area contributed by atoms with E-state index < -0.39 is 0 Å². The molecule has 21 heavy (non-hydrogen) atoms. The molecule has 2 amide bonds. The van der Waals surface area contributed by atoms with E-state index >= 15 is 0 Å². The predicted octanol–water partition coefficient (Wildman–Crippen LogP) is 3.00. The highest BCUT2D eigenvalue weighted by atomic mass is 16.2. The van der Waals surface area contributed by atoms with Crippen LogP contribution in [0.2, 0.25) is 0 Å². The second-order valence-corrected chi connectivity index (χ2v) is 6.61. The van der Waals surface area contributed by atoms with E-state index in [-0.39, 0.29) is 11.4 Å². The number of rotatable bonds is 4. The first-order chi connectivity index (χ1) is 10.2. The van der Waals surface area contributed by atoms with Gasteiger partial charge in [-0.1, -0.05) is 18.2 Å². The number of amides is 2. The molecule has 110 valence electrons. The number of fused-ring (bicyclic) bond motifs is 1. The molecule has 0 radical (unpaired) electrons. The minimum Gasteiger partial charge on any atom is -0.361 e. The van der Waals surface area contributed by atoms with E-state index in [1.165, 1.54) is 16.5 Å². The molecule has 2 aromatic rings. The Labute approximate surface area is 124 Å². The van der Waals surface area contributed by atoms with Gasteiger partial charge in [-0.2, -0.15) is 0 Å². The third kappa shape index (κ3) is 2.28. The van der Waals surface area contributed by atoms with Crippen LogP contribution in [0.4, 0.5) is 4.79 Å². The Morgan fingerprint density at radius 3 is 2.86 bits per heavy atom. The van der Waals surface area contributed by atoms with Crippen molar-refractivity contribution in [2.24, 2.45) is 0 Å². The fourth-order valence-electron chi connectivity index (χ4n) is 3.21. The Kier molecular flexibility index (Phi) is 2.74. The summed E-state index contributed by atoms with van der Waals surface area (Å²) in [6, 6.07) is 8.91. The lowest BCUT2D eigenvalue weighted by molar-refractivity contribution is 0.204. The van der Waals surface area contributed by atoms with Gasteiger partial charge in [-0.15, -0.1) is 0 Å². The van der Waals surface area contributed by atoms with E-state index in [1.54, 1.807) is 0 Å². The molecule has 4 rings (SSSR count). The van der Waals surface area contributed by atoms with E-state index in [2.05, 4.69) is 40.8 Å². The zero-order chi connectivity index (χ0) is 14.4. The molecule has 4 nitrogen and oxygen atoms in total. The van der Waals surface area contributed by atoms with Gasteiger partial charge >= 0.3 is 6.03 Å². The average Bonchev–Trinajstić information content (AvgIpc) is 3.40. The van der Waals surface area contributed by atoms with Crippen molar-refractivity contribution in [1.29, 1.82) is 0 Å². The SMILES string of the molecule is CN(CC1(c2c[nH]c3ccccc23)CC1)C(=O)NC1CC1. The molecular weight excluding hydrogens is 262 g/mol. The molecule has 1 aromatic carbocycles. The number of aromatic nitrogens is 1. The van der Waals surface area contributed by atoms with Gasteiger partial charge in [-0.3, -0.25) is 0 Å². The smallest absolute Gasteiger partial charge is 0.317 e. The van der Waals surface area contributed by atoms with Gasteiger partial charge < -0.3 is 15.2 Å². The summed E-state index contributed by atoms with van der Waals surface area (Å²) in [5.74, 6) is 0. The lowest BCUT2D eigenvalue weighted by Crippen LogP contribution is -2.42. The van der Waals surface area contributed by atoms with Gasteiger partial charge in [0.2, 0.25) is 0 Å². The second-order valence-electron chi connectivity index (χ2n) is 6.61. The Hall–Kier alpha value is -1.97. The summed E-state index contributed by atoms with van der Waals surface area (Å²) in [6.07, 6.45) is 6.72. The van der Waals surface area contributed by atoms with Crippen molar-refractivity contribution in [3.05, 3.63) is 36.0 Å². The normalized spacial score (nSPS) is 19.5. The molecule has 0 aliphatic heterocycles. The highest BCUT2D eigenvalue weighted by Crippen LogP contribution is 2.50. The maximum atomic E-state index is 12.1. The molecule has 2 saturated carbocycles. The van der Waals surface area contributed by atoms with E-state index in [0.29, 0.717) is 6.04 Å². The Morgan fingerprint density at radius 1 is 1.38 bits per heavy atom. The summed E-state index contributed by atoms with van der Waals surface area (Å²) in [5, 5.41) is 4.36. The first-order valence-corrected chi connectivity index (χ1v) is 7.76. The maximum absolute atomic E-state index is 12.1. The van der Waals surface area contributed by atoms with E-state index in [9.17, 15) is 4.79 Å². The minimum atomic E-state index is 0.0728. The fourth-order valence-corrected chi connectivity index (χ4v) is 3.21. The number of benzene rings is 1. The predicted molar refractivity (Wildman–Crippen MR) is 83.4 cm³/mol. The Bertz CT molecular complexity index is 682. The third-order valence-corrected chi connectivity index (χ3v) is 4.81. The number of hydrogen-bond acceptors (Lipinski definition) is 1. The van der Waals surface area contributed by atoms with Crippen molar-refractivity contribution in [3.63, 3.8) is 0 Å². The van der Waals surface area contributed by atoms with Crippen LogP contribution in [0.15, 0.2) is 30.5 Å². The Morgan fingerprint density at radius 2 is 2.14 bits per heavy atom. The topological polar surface area (TPSA) is 48.1 Å². The van der Waals surface area contributed by atoms with Crippen LogP contribution >= 0.6 is 0 Å². The number of para-hydroxylation sites is 1. The summed E-state index contributed by atoms with van der Waals surface area (Å²) in [7, 11) is 1.91. The van der Waals surface area contributed by atoms with Crippen molar-refractivity contribution in [2.75, 3.05) is 13.6 Å². The first kappa shape index (κ1) is 12.7. The average molecular weight is 283 g/mol. The highest BCUT2D eigenvalue weighted by Gasteiger charge is 2.47. The quantitative estimate of drug-likeness (QED) is 0.890. The van der Waals surface area contributed by atoms with Crippen LogP contribution in [-0.2, 0) is 5.41 Å². The number of likely N-dealkylation sites (N-methyl/N-ethyl adjacent to an activating group) is 1. The van der Waals surface area contributed by atoms with E-state index in [4.69, 9.17) is 0 Å². The first-order valence-electron chi connectivity index (χ1n) is 7.76. The number of H-pyrrole nitrogens is 1. The largest absolute Gasteiger partial charge is 0.361 e. The monoisotopic (exact) mass is 283 g/mol. The fraction of sp³-hybridized carbons (Fsp3) is 0.471. The summed E-state index contributed by atoms with van der Waals surface area (Å²) in [5.41, 5.74) is 2.70. The summed E-state index contributed by atoms with van der Waals surface area (Å²) in [6.45, 7) is 0.799. The van der Waals surface area contributed by atoms with Crippen molar-refractivity contribution < 1.29 is 4.79 Å². The molecule has 0 bridgehead atoms. The van der Waals surface area contributed by atoms with Crippen LogP contribution in [0.5, 0.6) is 0 Å². The van der Waals surface area contributed by atoms with Crippen molar-refractivity contribution in [3.8, 4) is 0 Å². The van der Waals surface area contributed by atoms with Gasteiger partial charge in [-0.25, -0.2) is 4.79 Å². The molecule has 2 N–H and O–H groups in total. The van der Waals surface area contributed by atoms with Crippen LogP contribution in [0.1, 0.15) is 31.2 Å². The molecule has 2 aliphatic rings. The van der Waals surface area contributed by atoms with Crippen molar-refractivity contribution in [2.45, 2.75) is 37.1 Å². The van der Waals surface area contributed by atoms with Crippen LogP contribution in [0.25, 0.3) is 10.9 Å². The number of carbonyl (C=O) groups is 1. The van der Waals surface area contributed by atoms with E-state index in [1.807, 2.05) is 11.9 Å². The Balaban J connectivity index is 1.54. The maximum Gasteiger partial charge on any atom is 0.317 e. The van der Waals surface area contributed by atoms with Crippen molar-refractivity contribution >= 4 is 16.9 Å². The molecule has 0 spiro atoms. The summed E-state index contributed by atoms with van der Waals surface area (Å²) in [4.78, 5) is 17.4. The van der Waals surface area contributed by atoms with Crippen LogP contribution in [-0.4, -0.2) is 35.5 Å². The molecule has 4 heteroatoms. The number of hydrogen-bond donors (Lipinski definition) is 2. The molecule has 2 aliphatic carbocycles. The second kappa shape index (κ2) is 4.52. The zero-order valence-corrected chi connectivity index (χ0v) is 12.4. The van der Waals surface area contributed by atoms with Gasteiger partial charge in [0, 0.05) is 42.1 Å². The van der Waals surface area contributed by atoms with Gasteiger partial charge in [0.05, 0.1) is 0 Å². The van der Waals surface area contributed by atoms with Gasteiger partial charge in [-0.05, 0) is 37.3 Å². The van der Waals surface area contributed by atoms with Gasteiger partial charge in [0.1, 0.15) is 0 Å². The van der Waals surface area contributed by atoms with E-state index in [0.717, 1.165) is 32.2 Å². The third-order valence-electron chi connectivity index (χ3n) is 4.81. The molecular formula is C17H21N3O. The summed E-state index contributed by atoms with van der Waals surface area (Å²) >= 11 is 0. The van der Waals surface area contributed by atoms with Gasteiger partial charge in [0.15, 0.2) is 0 Å². The lowest BCUT2D eigenvalue weighted by atomic mass is 9.95. The standard InChI is InChI=1S/C17H21N3O/c1-20(16(21)19-12-6-7-12)11-17(8-9-17)14-10-18-15-5-3-2-4-13(14)15/h2-5,10,12,18H,6-9,11H2,1H3,(H,19,21). The number of aromatic amines is 1. The van der Waals surface area contributed by atoms with Crippen LogP contribution in [0, 0.1) is 0 Å². The summed E-state index contributed by atoms with van der Waals surface area (Å²) < 4.78 is 0. The highest BCUT2D eigenvalue weighted by molar-refractivity contribution is 5.85. The van der Waals surface area contributed by atoms with Gasteiger partial charge in [0.25, 0.3) is 0 Å². The number of carbonyl (C=O) groups excluding carboxylic acids is 1. The van der Waals surface area contributed by atoms with Crippen LogP contribution < -0.4 is 5.32 Å². The number of nitrogens with one attached hydrogen (secondary N) is 2. The molecule has 0 saturated heterocycles. The molecule has 2 fully saturated rings. The lowest BCUT2D eigenvalue weighted by Gasteiger charge is -2.24. The molecule has 1 heterocycles. The zero-order valence-electron chi connectivity index (χ0n) is 12.4. The molecule has 1 aromatic heterocycles.